The molecule has 9 heteroatoms. The molecule has 0 unspecified atom stereocenters. The van der Waals surface area contributed by atoms with Crippen LogP contribution < -0.4 is 4.74 Å². The summed E-state index contributed by atoms with van der Waals surface area (Å²) in [5, 5.41) is 21.6. The monoisotopic (exact) mass is 550 g/mol. The van der Waals surface area contributed by atoms with Gasteiger partial charge in [-0.1, -0.05) is 36.4 Å². The van der Waals surface area contributed by atoms with Crippen LogP contribution in [0.2, 0.25) is 6.04 Å². The lowest BCUT2D eigenvalue weighted by atomic mass is 9.81. The number of hydrogen-bond donors (Lipinski definition) is 2. The van der Waals surface area contributed by atoms with Crippen molar-refractivity contribution in [2.45, 2.75) is 39.7 Å². The Morgan fingerprint density at radius 3 is 1.90 bits per heavy atom. The van der Waals surface area contributed by atoms with Gasteiger partial charge in [-0.15, -0.1) is 0 Å². The minimum atomic E-state index is -2.70. The van der Waals surface area contributed by atoms with Gasteiger partial charge >= 0.3 is 8.80 Å². The van der Waals surface area contributed by atoms with E-state index in [1.807, 2.05) is 45.0 Å². The minimum absolute atomic E-state index is 0.153. The maximum Gasteiger partial charge on any atom is 0.501 e. The number of carbonyl (C=O) groups excluding carboxylic acids is 2. The van der Waals surface area contributed by atoms with Gasteiger partial charge in [-0.3, -0.25) is 9.59 Å². The van der Waals surface area contributed by atoms with Crippen molar-refractivity contribution in [1.82, 2.24) is 0 Å². The number of hydrogen-bond acceptors (Lipinski definition) is 8. The van der Waals surface area contributed by atoms with Crippen LogP contribution in [-0.4, -0.2) is 57.0 Å². The fourth-order valence-electron chi connectivity index (χ4n) is 4.85. The van der Waals surface area contributed by atoms with Crippen molar-refractivity contribution >= 4 is 20.4 Å². The maximum absolute atomic E-state index is 13.1. The second-order valence-electron chi connectivity index (χ2n) is 9.11. The zero-order valence-corrected chi connectivity index (χ0v) is 23.5. The zero-order valence-electron chi connectivity index (χ0n) is 22.5. The summed E-state index contributed by atoms with van der Waals surface area (Å²) in [4.78, 5) is 26.0. The number of rotatable bonds is 13. The third-order valence-corrected chi connectivity index (χ3v) is 9.69. The van der Waals surface area contributed by atoms with Crippen molar-refractivity contribution in [3.63, 3.8) is 0 Å². The first-order valence-corrected chi connectivity index (χ1v) is 15.2. The van der Waals surface area contributed by atoms with Crippen molar-refractivity contribution in [2.24, 2.45) is 0 Å². The molecule has 0 fully saturated rings. The molecule has 0 aromatic heterocycles. The van der Waals surface area contributed by atoms with Crippen LogP contribution in [0.5, 0.6) is 17.2 Å². The summed E-state index contributed by atoms with van der Waals surface area (Å²) >= 11 is 0. The number of aromatic hydroxyl groups is 2. The summed E-state index contributed by atoms with van der Waals surface area (Å²) in [6.07, 6.45) is 0.966. The number of benzene rings is 3. The minimum Gasteiger partial charge on any atom is -0.507 e. The summed E-state index contributed by atoms with van der Waals surface area (Å²) in [6.45, 7) is 7.86. The summed E-state index contributed by atoms with van der Waals surface area (Å²) in [5.41, 5.74) is 1.31. The molecule has 0 heterocycles. The highest BCUT2D eigenvalue weighted by atomic mass is 28.4. The lowest BCUT2D eigenvalue weighted by molar-refractivity contribution is 0.0696. The van der Waals surface area contributed by atoms with Crippen LogP contribution >= 0.6 is 0 Å². The van der Waals surface area contributed by atoms with Crippen LogP contribution in [-0.2, 0) is 19.7 Å². The smallest absolute Gasteiger partial charge is 0.501 e. The van der Waals surface area contributed by atoms with Crippen LogP contribution in [0.25, 0.3) is 0 Å². The quantitative estimate of drug-likeness (QED) is 0.131. The first kappa shape index (κ1) is 28.5. The van der Waals surface area contributed by atoms with Gasteiger partial charge in [0.15, 0.2) is 11.6 Å². The Kier molecular flexibility index (Phi) is 9.19. The van der Waals surface area contributed by atoms with Gasteiger partial charge in [0.2, 0.25) is 0 Å². The number of phenolic OH excluding ortho intramolecular Hbond substituents is 2. The van der Waals surface area contributed by atoms with E-state index in [2.05, 4.69) is 0 Å². The number of phenols is 2. The topological polar surface area (TPSA) is 112 Å². The standard InChI is InChI=1S/C30H34O8Si/c1-4-36-39(37-5-2,38-6-3)17-9-16-35-22-14-12-20(13-15-22)18-21-19-25(31)26-27(28(21)32)30(34)24-11-8-7-10-23(24)29(26)33/h7-8,10-15,19,31-32H,4-6,9,16-18H2,1-3H3. The summed E-state index contributed by atoms with van der Waals surface area (Å²) in [6, 6.07) is 15.8. The van der Waals surface area contributed by atoms with Crippen LogP contribution in [0.3, 0.4) is 0 Å². The van der Waals surface area contributed by atoms with Crippen molar-refractivity contribution in [3.05, 3.63) is 88.0 Å². The molecule has 0 aliphatic heterocycles. The molecule has 3 aromatic carbocycles. The van der Waals surface area contributed by atoms with Gasteiger partial charge in [-0.25, -0.2) is 0 Å². The van der Waals surface area contributed by atoms with Crippen molar-refractivity contribution < 1.29 is 37.8 Å². The Morgan fingerprint density at radius 2 is 1.33 bits per heavy atom. The van der Waals surface area contributed by atoms with Crippen molar-refractivity contribution in [1.29, 1.82) is 0 Å². The van der Waals surface area contributed by atoms with Gasteiger partial charge in [0.25, 0.3) is 0 Å². The Balaban J connectivity index is 1.43. The zero-order chi connectivity index (χ0) is 28.0. The molecule has 206 valence electrons. The molecule has 8 nitrogen and oxygen atoms in total. The average molecular weight is 551 g/mol. The molecule has 0 bridgehead atoms. The molecule has 3 aromatic rings. The third kappa shape index (κ3) is 6.07. The van der Waals surface area contributed by atoms with E-state index in [-0.39, 0.29) is 40.2 Å². The Morgan fingerprint density at radius 1 is 0.769 bits per heavy atom. The van der Waals surface area contributed by atoms with Gasteiger partial charge in [0.1, 0.15) is 17.2 Å². The highest BCUT2D eigenvalue weighted by Crippen LogP contribution is 2.40. The van der Waals surface area contributed by atoms with Gasteiger partial charge < -0.3 is 28.2 Å². The lowest BCUT2D eigenvalue weighted by Crippen LogP contribution is -2.46. The first-order valence-electron chi connectivity index (χ1n) is 13.2. The van der Waals surface area contributed by atoms with E-state index >= 15 is 0 Å². The van der Waals surface area contributed by atoms with Crippen LogP contribution in [0.15, 0.2) is 54.6 Å². The SMILES string of the molecule is CCO[Si](CCCOc1ccc(Cc2cc(O)c3c(c2O)C(=O)c2ccccc2C3=O)cc1)(OCC)OCC. The number of carbonyl (C=O) groups is 2. The Hall–Kier alpha value is -3.50. The first-order chi connectivity index (χ1) is 18.8. The molecule has 1 aliphatic rings. The summed E-state index contributed by atoms with van der Waals surface area (Å²) in [5.74, 6) is -0.892. The Bertz CT molecular complexity index is 1320. The fourth-order valence-corrected chi connectivity index (χ4v) is 7.43. The van der Waals surface area contributed by atoms with E-state index in [1.165, 1.54) is 6.07 Å². The van der Waals surface area contributed by atoms with E-state index in [9.17, 15) is 19.8 Å². The molecular weight excluding hydrogens is 516 g/mol. The average Bonchev–Trinajstić information content (AvgIpc) is 2.93. The third-order valence-electron chi connectivity index (χ3n) is 6.54. The largest absolute Gasteiger partial charge is 0.507 e. The van der Waals surface area contributed by atoms with Gasteiger partial charge in [-0.05, 0) is 51.0 Å². The van der Waals surface area contributed by atoms with Crippen molar-refractivity contribution in [2.75, 3.05) is 26.4 Å². The van der Waals surface area contributed by atoms with E-state index in [1.54, 1.807) is 24.3 Å². The molecule has 2 N–H and O–H groups in total. The maximum atomic E-state index is 13.1. The molecule has 1 aliphatic carbocycles. The predicted molar refractivity (Wildman–Crippen MR) is 148 cm³/mol. The van der Waals surface area contributed by atoms with Gasteiger partial charge in [0.05, 0.1) is 17.7 Å². The predicted octanol–water partition coefficient (Wildman–Crippen LogP) is 5.28. The van der Waals surface area contributed by atoms with E-state index < -0.39 is 20.4 Å². The molecule has 0 atom stereocenters. The molecule has 4 rings (SSSR count). The molecular formula is C30H34O8Si. The highest BCUT2D eigenvalue weighted by molar-refractivity contribution is 6.60. The van der Waals surface area contributed by atoms with Crippen LogP contribution in [0.1, 0.15) is 70.2 Å². The molecule has 0 radical (unpaired) electrons. The van der Waals surface area contributed by atoms with Crippen molar-refractivity contribution in [3.8, 4) is 17.2 Å². The van der Waals surface area contributed by atoms with Crippen LogP contribution in [0, 0.1) is 0 Å². The van der Waals surface area contributed by atoms with Crippen LogP contribution in [0.4, 0.5) is 0 Å². The highest BCUT2D eigenvalue weighted by Gasteiger charge is 2.39. The number of ether oxygens (including phenoxy) is 1. The van der Waals surface area contributed by atoms with E-state index in [0.717, 1.165) is 5.56 Å². The Labute approximate surface area is 229 Å². The lowest BCUT2D eigenvalue weighted by Gasteiger charge is -2.28. The normalized spacial score (nSPS) is 12.8. The molecule has 0 saturated carbocycles. The second kappa shape index (κ2) is 12.6. The molecule has 0 spiro atoms. The number of ketones is 2. The molecule has 0 amide bonds. The summed E-state index contributed by atoms with van der Waals surface area (Å²) in [7, 11) is -2.70. The molecule has 39 heavy (non-hydrogen) atoms. The fraction of sp³-hybridized carbons (Fsp3) is 0.333. The van der Waals surface area contributed by atoms with E-state index in [0.29, 0.717) is 50.2 Å². The molecule has 0 saturated heterocycles. The van der Waals surface area contributed by atoms with Gasteiger partial charge in [0, 0.05) is 49.0 Å². The number of fused-ring (bicyclic) bond motifs is 2. The van der Waals surface area contributed by atoms with Gasteiger partial charge in [-0.2, -0.15) is 0 Å². The summed E-state index contributed by atoms with van der Waals surface area (Å²) < 4.78 is 23.5. The second-order valence-corrected chi connectivity index (χ2v) is 11.8. The van der Waals surface area contributed by atoms with E-state index in [4.69, 9.17) is 18.0 Å².